The first-order valence-corrected chi connectivity index (χ1v) is 13.5. The Morgan fingerprint density at radius 2 is 1.69 bits per heavy atom. The number of rotatable bonds is 8. The summed E-state index contributed by atoms with van der Waals surface area (Å²) in [6.45, 7) is 9.65. The monoisotopic (exact) mass is 465 g/mol. The van der Waals surface area contributed by atoms with Crippen LogP contribution in [-0.2, 0) is 19.6 Å². The second-order valence-electron chi connectivity index (χ2n) is 9.51. The van der Waals surface area contributed by atoms with Gasteiger partial charge in [-0.05, 0) is 77.1 Å². The summed E-state index contributed by atoms with van der Waals surface area (Å²) in [5, 5.41) is 2.66. The average Bonchev–Trinajstić information content (AvgIpc) is 2.74. The SMILES string of the molecule is CCCC(C)S(=O)(=O)N[C@H]1CC[C@H](C(=O)Nc2ccc(N3C[C@@H](C)O[C@@H](C)C3)cc2)CC1. The summed E-state index contributed by atoms with van der Waals surface area (Å²) < 4.78 is 33.5. The number of ether oxygens (including phenoxy) is 1. The lowest BCUT2D eigenvalue weighted by atomic mass is 9.86. The van der Waals surface area contributed by atoms with Gasteiger partial charge < -0.3 is 15.0 Å². The van der Waals surface area contributed by atoms with E-state index in [-0.39, 0.29) is 35.3 Å². The molecular formula is C24H39N3O4S. The quantitative estimate of drug-likeness (QED) is 0.608. The molecule has 7 nitrogen and oxygen atoms in total. The molecule has 1 aromatic rings. The molecule has 0 aromatic heterocycles. The third kappa shape index (κ3) is 6.68. The fraction of sp³-hybridized carbons (Fsp3) is 0.708. The van der Waals surface area contributed by atoms with Crippen molar-refractivity contribution in [3.05, 3.63) is 24.3 Å². The van der Waals surface area contributed by atoms with E-state index in [1.807, 2.05) is 31.2 Å². The Labute approximate surface area is 193 Å². The van der Waals surface area contributed by atoms with Crippen molar-refractivity contribution in [1.29, 1.82) is 0 Å². The van der Waals surface area contributed by atoms with Crippen molar-refractivity contribution >= 4 is 27.3 Å². The number of amides is 1. The van der Waals surface area contributed by atoms with E-state index in [1.54, 1.807) is 6.92 Å². The van der Waals surface area contributed by atoms with E-state index in [0.29, 0.717) is 32.1 Å². The zero-order valence-corrected chi connectivity index (χ0v) is 20.7. The summed E-state index contributed by atoms with van der Waals surface area (Å²) in [5.74, 6) is -0.0588. The smallest absolute Gasteiger partial charge is 0.227 e. The molecule has 1 saturated carbocycles. The van der Waals surface area contributed by atoms with E-state index < -0.39 is 10.0 Å². The van der Waals surface area contributed by atoms with Gasteiger partial charge in [0.1, 0.15) is 0 Å². The number of sulfonamides is 1. The van der Waals surface area contributed by atoms with Crippen LogP contribution in [0.15, 0.2) is 24.3 Å². The summed E-state index contributed by atoms with van der Waals surface area (Å²) in [5.41, 5.74) is 1.93. The van der Waals surface area contributed by atoms with Crippen molar-refractivity contribution in [3.63, 3.8) is 0 Å². The lowest BCUT2D eigenvalue weighted by Crippen LogP contribution is -2.45. The van der Waals surface area contributed by atoms with Gasteiger partial charge in [-0.25, -0.2) is 13.1 Å². The Hall–Kier alpha value is -1.64. The fourth-order valence-electron chi connectivity index (χ4n) is 4.77. The maximum absolute atomic E-state index is 12.7. The molecule has 2 N–H and O–H groups in total. The Kier molecular flexibility index (Phi) is 8.58. The number of nitrogens with zero attached hydrogens (tertiary/aromatic N) is 1. The number of nitrogens with one attached hydrogen (secondary N) is 2. The molecule has 32 heavy (non-hydrogen) atoms. The third-order valence-electron chi connectivity index (χ3n) is 6.57. The zero-order valence-electron chi connectivity index (χ0n) is 19.8. The van der Waals surface area contributed by atoms with Crippen LogP contribution in [0.1, 0.15) is 66.2 Å². The largest absolute Gasteiger partial charge is 0.372 e. The maximum Gasteiger partial charge on any atom is 0.227 e. The van der Waals surface area contributed by atoms with Gasteiger partial charge in [0, 0.05) is 36.4 Å². The van der Waals surface area contributed by atoms with Gasteiger partial charge in [0.15, 0.2) is 0 Å². The highest BCUT2D eigenvalue weighted by atomic mass is 32.2. The minimum atomic E-state index is -3.29. The normalized spacial score (nSPS) is 27.7. The molecular weight excluding hydrogens is 426 g/mol. The van der Waals surface area contributed by atoms with Gasteiger partial charge in [-0.2, -0.15) is 0 Å². The van der Waals surface area contributed by atoms with Crippen molar-refractivity contribution in [3.8, 4) is 0 Å². The molecule has 1 aliphatic heterocycles. The first-order valence-electron chi connectivity index (χ1n) is 12.0. The van der Waals surface area contributed by atoms with Crippen LogP contribution in [0.4, 0.5) is 11.4 Å². The van der Waals surface area contributed by atoms with Gasteiger partial charge in [0.2, 0.25) is 15.9 Å². The second-order valence-corrected chi connectivity index (χ2v) is 11.6. The molecule has 1 saturated heterocycles. The van der Waals surface area contributed by atoms with Gasteiger partial charge in [0.05, 0.1) is 17.5 Å². The standard InChI is InChI=1S/C24H39N3O4S/c1-5-6-19(4)32(29,30)26-22-9-7-20(8-10-22)24(28)25-21-11-13-23(14-12-21)27-15-17(2)31-18(3)16-27/h11-14,17-20,22,26H,5-10,15-16H2,1-4H3,(H,25,28)/t17-,18+,19?,20-,22-. The Bertz CT molecular complexity index is 841. The number of hydrogen-bond acceptors (Lipinski definition) is 5. The van der Waals surface area contributed by atoms with E-state index in [9.17, 15) is 13.2 Å². The van der Waals surface area contributed by atoms with Crippen LogP contribution >= 0.6 is 0 Å². The number of hydrogen-bond donors (Lipinski definition) is 2. The molecule has 8 heteroatoms. The van der Waals surface area contributed by atoms with Crippen LogP contribution in [-0.4, -0.2) is 50.9 Å². The molecule has 2 fully saturated rings. The fourth-order valence-corrected chi connectivity index (χ4v) is 6.25. The molecule has 0 bridgehead atoms. The minimum absolute atomic E-state index is 0.0204. The van der Waals surface area contributed by atoms with Crippen molar-refractivity contribution in [2.45, 2.75) is 89.7 Å². The Morgan fingerprint density at radius 3 is 2.25 bits per heavy atom. The highest BCUT2D eigenvalue weighted by Crippen LogP contribution is 2.27. The zero-order chi connectivity index (χ0) is 23.3. The van der Waals surface area contributed by atoms with E-state index >= 15 is 0 Å². The van der Waals surface area contributed by atoms with Crippen LogP contribution in [0, 0.1) is 5.92 Å². The van der Waals surface area contributed by atoms with Crippen LogP contribution in [0.25, 0.3) is 0 Å². The Morgan fingerprint density at radius 1 is 1.09 bits per heavy atom. The van der Waals surface area contributed by atoms with Gasteiger partial charge in [-0.1, -0.05) is 13.3 Å². The van der Waals surface area contributed by atoms with Crippen molar-refractivity contribution in [1.82, 2.24) is 4.72 Å². The molecule has 2 aliphatic rings. The number of carbonyl (C=O) groups is 1. The first kappa shape index (κ1) is 25.0. The van der Waals surface area contributed by atoms with Crippen LogP contribution < -0.4 is 14.9 Å². The van der Waals surface area contributed by atoms with Gasteiger partial charge in [-0.15, -0.1) is 0 Å². The van der Waals surface area contributed by atoms with Gasteiger partial charge in [0.25, 0.3) is 0 Å². The van der Waals surface area contributed by atoms with E-state index in [0.717, 1.165) is 30.9 Å². The van der Waals surface area contributed by atoms with Crippen LogP contribution in [0.3, 0.4) is 0 Å². The van der Waals surface area contributed by atoms with Crippen LogP contribution in [0.2, 0.25) is 0 Å². The molecule has 1 amide bonds. The lowest BCUT2D eigenvalue weighted by Gasteiger charge is -2.36. The summed E-state index contributed by atoms with van der Waals surface area (Å²) in [7, 11) is -3.29. The molecule has 3 rings (SSSR count). The molecule has 1 unspecified atom stereocenters. The summed E-state index contributed by atoms with van der Waals surface area (Å²) >= 11 is 0. The summed E-state index contributed by atoms with van der Waals surface area (Å²) in [6.07, 6.45) is 4.70. The van der Waals surface area contributed by atoms with Gasteiger partial charge >= 0.3 is 0 Å². The lowest BCUT2D eigenvalue weighted by molar-refractivity contribution is -0.120. The highest BCUT2D eigenvalue weighted by molar-refractivity contribution is 7.90. The average molecular weight is 466 g/mol. The number of morpholine rings is 1. The minimum Gasteiger partial charge on any atom is -0.372 e. The first-order chi connectivity index (χ1) is 15.2. The molecule has 1 aliphatic carbocycles. The molecule has 0 radical (unpaired) electrons. The molecule has 180 valence electrons. The molecule has 1 heterocycles. The van der Waals surface area contributed by atoms with E-state index in [1.165, 1.54) is 0 Å². The predicted octanol–water partition coefficient (Wildman–Crippen LogP) is 3.91. The Balaban J connectivity index is 1.48. The molecule has 0 spiro atoms. The van der Waals surface area contributed by atoms with Crippen molar-refractivity contribution < 1.29 is 17.9 Å². The van der Waals surface area contributed by atoms with Crippen LogP contribution in [0.5, 0.6) is 0 Å². The number of carbonyl (C=O) groups excluding carboxylic acids is 1. The number of anilines is 2. The highest BCUT2D eigenvalue weighted by Gasteiger charge is 2.30. The molecule has 3 atom stereocenters. The second kappa shape index (κ2) is 11.0. The van der Waals surface area contributed by atoms with Crippen molar-refractivity contribution in [2.24, 2.45) is 5.92 Å². The maximum atomic E-state index is 12.7. The third-order valence-corrected chi connectivity index (χ3v) is 8.53. The molecule has 1 aromatic carbocycles. The van der Waals surface area contributed by atoms with Crippen molar-refractivity contribution in [2.75, 3.05) is 23.3 Å². The summed E-state index contributed by atoms with van der Waals surface area (Å²) in [4.78, 5) is 15.1. The van der Waals surface area contributed by atoms with E-state index in [2.05, 4.69) is 28.8 Å². The van der Waals surface area contributed by atoms with Gasteiger partial charge in [-0.3, -0.25) is 4.79 Å². The van der Waals surface area contributed by atoms with E-state index in [4.69, 9.17) is 4.74 Å². The topological polar surface area (TPSA) is 87.7 Å². The number of benzene rings is 1. The summed E-state index contributed by atoms with van der Waals surface area (Å²) in [6, 6.07) is 7.92. The predicted molar refractivity (Wildman–Crippen MR) is 129 cm³/mol.